The average molecular weight is 583 g/mol. The number of hydrogen-bond donors (Lipinski definition) is 3. The molecule has 0 bridgehead atoms. The van der Waals surface area contributed by atoms with Gasteiger partial charge in [-0.25, -0.2) is 22.8 Å². The molecule has 222 valence electrons. The molecule has 2 aromatic rings. The van der Waals surface area contributed by atoms with Crippen molar-refractivity contribution in [3.05, 3.63) is 59.4 Å². The van der Waals surface area contributed by atoms with E-state index in [1.165, 1.54) is 7.11 Å². The highest BCUT2D eigenvalue weighted by atomic mass is 19.2. The molecule has 41 heavy (non-hydrogen) atoms. The van der Waals surface area contributed by atoms with Gasteiger partial charge in [0.2, 0.25) is 5.91 Å². The highest BCUT2D eigenvalue weighted by Crippen LogP contribution is 2.31. The number of carboxylic acid groups (broad SMARTS) is 2. The summed E-state index contributed by atoms with van der Waals surface area (Å²) in [6.07, 6.45) is 3.63. The van der Waals surface area contributed by atoms with Gasteiger partial charge in [-0.05, 0) is 12.1 Å². The zero-order valence-electron chi connectivity index (χ0n) is 22.0. The monoisotopic (exact) mass is 582 g/mol. The molecule has 3 N–H and O–H groups in total. The predicted octanol–water partition coefficient (Wildman–Crippen LogP) is 3.14. The minimum atomic E-state index is -1.82. The van der Waals surface area contributed by atoms with Gasteiger partial charge in [0.05, 0.1) is 20.3 Å². The Hall–Kier alpha value is -4.14. The summed E-state index contributed by atoms with van der Waals surface area (Å²) in [5, 5.41) is 17.4. The molecular formula is C27H29F3N2O9. The smallest absolute Gasteiger partial charge is 0.414 e. The van der Waals surface area contributed by atoms with Gasteiger partial charge >= 0.3 is 11.9 Å². The van der Waals surface area contributed by atoms with E-state index in [-0.39, 0.29) is 5.56 Å². The van der Waals surface area contributed by atoms with Crippen LogP contribution in [0.5, 0.6) is 11.5 Å². The molecule has 0 radical (unpaired) electrons. The first-order valence-corrected chi connectivity index (χ1v) is 12.4. The van der Waals surface area contributed by atoms with E-state index >= 15 is 0 Å². The Balaban J connectivity index is 0.000000696. The first kappa shape index (κ1) is 31.4. The fraction of sp³-hybridized carbons (Fsp3) is 0.370. The normalized spacial score (nSPS) is 16.2. The third-order valence-electron chi connectivity index (χ3n) is 6.11. The fourth-order valence-corrected chi connectivity index (χ4v) is 4.09. The number of rotatable bonds is 8. The molecule has 2 saturated heterocycles. The minimum absolute atomic E-state index is 0.373. The van der Waals surface area contributed by atoms with Crippen molar-refractivity contribution >= 4 is 29.6 Å². The number of ether oxygens (including phenoxy) is 4. The second-order valence-corrected chi connectivity index (χ2v) is 8.92. The number of nitrogens with zero attached hydrogens (tertiary/aromatic N) is 1. The molecule has 1 amide bonds. The molecule has 4 rings (SSSR count). The first-order valence-electron chi connectivity index (χ1n) is 12.4. The van der Waals surface area contributed by atoms with Gasteiger partial charge in [-0.2, -0.15) is 0 Å². The van der Waals surface area contributed by atoms with Crippen molar-refractivity contribution in [3.8, 4) is 11.5 Å². The maximum Gasteiger partial charge on any atom is 0.414 e. The van der Waals surface area contributed by atoms with Crippen LogP contribution in [0, 0.1) is 17.5 Å². The summed E-state index contributed by atoms with van der Waals surface area (Å²) >= 11 is 0. The average Bonchev–Trinajstić information content (AvgIpc) is 3.39. The highest BCUT2D eigenvalue weighted by Gasteiger charge is 2.39. The van der Waals surface area contributed by atoms with E-state index in [9.17, 15) is 18.0 Å². The quantitative estimate of drug-likeness (QED) is 0.241. The van der Waals surface area contributed by atoms with Crippen LogP contribution in [0.4, 0.5) is 18.9 Å². The molecular weight excluding hydrogens is 553 g/mol. The van der Waals surface area contributed by atoms with Crippen molar-refractivity contribution in [1.82, 2.24) is 4.90 Å². The Morgan fingerprint density at radius 1 is 1.00 bits per heavy atom. The van der Waals surface area contributed by atoms with Gasteiger partial charge in [-0.1, -0.05) is 0 Å². The van der Waals surface area contributed by atoms with Crippen molar-refractivity contribution in [2.24, 2.45) is 0 Å². The number of hydrogen-bond acceptors (Lipinski definition) is 8. The van der Waals surface area contributed by atoms with Crippen molar-refractivity contribution < 1.29 is 56.7 Å². The van der Waals surface area contributed by atoms with Crippen LogP contribution in [0.15, 0.2) is 36.4 Å². The van der Waals surface area contributed by atoms with E-state index in [0.717, 1.165) is 44.1 Å². The van der Waals surface area contributed by atoms with E-state index in [1.54, 1.807) is 18.2 Å². The third kappa shape index (κ3) is 9.48. The maximum atomic E-state index is 13.8. The van der Waals surface area contributed by atoms with Crippen LogP contribution in [-0.2, 0) is 23.9 Å². The maximum absolute atomic E-state index is 13.8. The molecule has 0 atom stereocenters. The lowest BCUT2D eigenvalue weighted by atomic mass is 10.0. The number of methoxy groups -OCH3 is 1. The van der Waals surface area contributed by atoms with Crippen molar-refractivity contribution in [2.75, 3.05) is 51.9 Å². The second kappa shape index (κ2) is 14.5. The first-order chi connectivity index (χ1) is 19.5. The van der Waals surface area contributed by atoms with E-state index < -0.39 is 41.1 Å². The Morgan fingerprint density at radius 2 is 1.63 bits per heavy atom. The van der Waals surface area contributed by atoms with Crippen LogP contribution in [0.1, 0.15) is 18.4 Å². The number of carboxylic acids is 2. The third-order valence-corrected chi connectivity index (χ3v) is 6.11. The Kier molecular flexibility index (Phi) is 11.1. The SMILES string of the molecule is COc1cc(NC(=O)/C=C/c2cc(F)cc(F)c2F)cc(OCCN2CCC3(CC2)OCCO3)c1.O=C(O)C(=O)O. The molecule has 0 aromatic heterocycles. The van der Waals surface area contributed by atoms with Crippen LogP contribution >= 0.6 is 0 Å². The Morgan fingerprint density at radius 3 is 2.24 bits per heavy atom. The van der Waals surface area contributed by atoms with Gasteiger partial charge in [0.25, 0.3) is 0 Å². The van der Waals surface area contributed by atoms with Crippen molar-refractivity contribution in [3.63, 3.8) is 0 Å². The molecule has 2 aliphatic rings. The Labute approximate surface area is 233 Å². The molecule has 14 heteroatoms. The lowest BCUT2D eigenvalue weighted by Gasteiger charge is -2.37. The van der Waals surface area contributed by atoms with Gasteiger partial charge in [-0.15, -0.1) is 0 Å². The molecule has 2 aliphatic heterocycles. The van der Waals surface area contributed by atoms with E-state index in [4.69, 9.17) is 38.7 Å². The lowest BCUT2D eigenvalue weighted by Crippen LogP contribution is -2.46. The zero-order valence-corrected chi connectivity index (χ0v) is 22.0. The molecule has 11 nitrogen and oxygen atoms in total. The zero-order chi connectivity index (χ0) is 30.0. The van der Waals surface area contributed by atoms with Crippen LogP contribution in [0.25, 0.3) is 6.08 Å². The molecule has 0 unspecified atom stereocenters. The number of amides is 1. The summed E-state index contributed by atoms with van der Waals surface area (Å²) < 4.78 is 63.1. The van der Waals surface area contributed by atoms with Crippen LogP contribution < -0.4 is 14.8 Å². The van der Waals surface area contributed by atoms with Gasteiger partial charge in [0.15, 0.2) is 17.4 Å². The summed E-state index contributed by atoms with van der Waals surface area (Å²) in [6.45, 7) is 4.14. The number of benzene rings is 2. The van der Waals surface area contributed by atoms with Gasteiger partial charge < -0.3 is 34.5 Å². The summed E-state index contributed by atoms with van der Waals surface area (Å²) in [5.41, 5.74) is 0.0114. The summed E-state index contributed by atoms with van der Waals surface area (Å²) in [7, 11) is 1.49. The number of carbonyl (C=O) groups excluding carboxylic acids is 1. The number of aliphatic carboxylic acids is 2. The van der Waals surface area contributed by atoms with Crippen molar-refractivity contribution in [1.29, 1.82) is 0 Å². The number of halogens is 3. The van der Waals surface area contributed by atoms with E-state index in [1.807, 2.05) is 0 Å². The highest BCUT2D eigenvalue weighted by molar-refractivity contribution is 6.27. The number of anilines is 1. The van der Waals surface area contributed by atoms with Crippen LogP contribution in [0.2, 0.25) is 0 Å². The summed E-state index contributed by atoms with van der Waals surface area (Å²) in [5.74, 6) is -7.23. The Bertz CT molecular complexity index is 1260. The van der Waals surface area contributed by atoms with Gasteiger partial charge in [-0.3, -0.25) is 9.69 Å². The summed E-state index contributed by atoms with van der Waals surface area (Å²) in [4.78, 5) is 32.8. The van der Waals surface area contributed by atoms with Crippen LogP contribution in [-0.4, -0.2) is 85.3 Å². The van der Waals surface area contributed by atoms with Gasteiger partial charge in [0.1, 0.15) is 23.9 Å². The predicted molar refractivity (Wildman–Crippen MR) is 138 cm³/mol. The fourth-order valence-electron chi connectivity index (χ4n) is 4.09. The number of piperidine rings is 1. The topological polar surface area (TPSA) is 144 Å². The molecule has 0 saturated carbocycles. The minimum Gasteiger partial charge on any atom is -0.497 e. The van der Waals surface area contributed by atoms with E-state index in [0.29, 0.717) is 49.6 Å². The van der Waals surface area contributed by atoms with Gasteiger partial charge in [0, 0.05) is 74.1 Å². The summed E-state index contributed by atoms with van der Waals surface area (Å²) in [6, 6.07) is 6.15. The molecule has 2 fully saturated rings. The van der Waals surface area contributed by atoms with Crippen LogP contribution in [0.3, 0.4) is 0 Å². The van der Waals surface area contributed by atoms with E-state index in [2.05, 4.69) is 10.2 Å². The number of carbonyl (C=O) groups is 3. The lowest BCUT2D eigenvalue weighted by molar-refractivity contribution is -0.185. The molecule has 2 heterocycles. The number of likely N-dealkylation sites (tertiary alicyclic amines) is 1. The van der Waals surface area contributed by atoms with Crippen molar-refractivity contribution in [2.45, 2.75) is 18.6 Å². The number of nitrogens with one attached hydrogen (secondary N) is 1. The largest absolute Gasteiger partial charge is 0.497 e. The molecule has 0 aliphatic carbocycles. The molecule has 1 spiro atoms. The molecule has 2 aromatic carbocycles. The standard InChI is InChI=1S/C25H27F3N2O5.C2H2O4/c1-32-20-14-19(29-23(31)3-2-17-12-18(26)13-22(27)24(17)28)15-21(16-20)33-9-8-30-6-4-25(5-7-30)34-10-11-35-25;3-1(4)2(5)6/h2-3,12-16H,4-11H2,1H3,(H,29,31);(H,3,4)(H,5,6)/b3-2+;. The second-order valence-electron chi connectivity index (χ2n) is 8.92.